The molecule has 11 heteroatoms. The largest absolute Gasteiger partial charge is 0.394 e. The van der Waals surface area contributed by atoms with Gasteiger partial charge in [0.1, 0.15) is 36.6 Å². The molecule has 11 nitrogen and oxygen atoms in total. The predicted molar refractivity (Wildman–Crippen MR) is 339 cm³/mol. The number of nitrogens with one attached hydrogen (secondary N) is 1. The first-order valence-electron chi connectivity index (χ1n) is 35.2. The summed E-state index contributed by atoms with van der Waals surface area (Å²) < 4.78 is 11.2. The summed E-state index contributed by atoms with van der Waals surface area (Å²) in [6.07, 6.45) is 62.5. The maximum Gasteiger partial charge on any atom is 0.249 e. The Labute approximate surface area is 499 Å². The van der Waals surface area contributed by atoms with E-state index in [2.05, 4.69) is 43.5 Å². The Kier molecular flexibility index (Phi) is 56.5. The molecule has 9 unspecified atom stereocenters. The van der Waals surface area contributed by atoms with Gasteiger partial charge >= 0.3 is 0 Å². The number of allylic oxidation sites excluding steroid dienone is 4. The van der Waals surface area contributed by atoms with E-state index in [4.69, 9.17) is 9.47 Å². The van der Waals surface area contributed by atoms with Crippen LogP contribution in [0.5, 0.6) is 0 Å². The number of unbranched alkanes of at least 4 members (excludes halogenated alkanes) is 46. The van der Waals surface area contributed by atoms with Gasteiger partial charge in [-0.3, -0.25) is 4.79 Å². The third-order valence-corrected chi connectivity index (χ3v) is 17.3. The van der Waals surface area contributed by atoms with E-state index in [9.17, 15) is 40.5 Å². The van der Waals surface area contributed by atoms with Crippen molar-refractivity contribution in [2.75, 3.05) is 13.2 Å². The molecule has 1 rings (SSSR count). The van der Waals surface area contributed by atoms with Gasteiger partial charge < -0.3 is 50.5 Å². The normalized spacial score (nSPS) is 19.2. The molecule has 1 aliphatic heterocycles. The number of aliphatic hydroxyl groups is 7. The second-order valence-corrected chi connectivity index (χ2v) is 25.0. The zero-order chi connectivity index (χ0) is 58.9. The smallest absolute Gasteiger partial charge is 0.249 e. The summed E-state index contributed by atoms with van der Waals surface area (Å²) in [5.74, 6) is -0.691. The van der Waals surface area contributed by atoms with Crippen LogP contribution in [-0.2, 0) is 14.3 Å². The summed E-state index contributed by atoms with van der Waals surface area (Å²) in [4.78, 5) is 13.3. The minimum Gasteiger partial charge on any atom is -0.394 e. The van der Waals surface area contributed by atoms with Gasteiger partial charge in [-0.2, -0.15) is 0 Å². The quantitative estimate of drug-likeness (QED) is 0.0215. The van der Waals surface area contributed by atoms with Crippen LogP contribution in [-0.4, -0.2) is 110 Å². The molecule has 0 aromatic carbocycles. The van der Waals surface area contributed by atoms with Crippen molar-refractivity contribution in [1.82, 2.24) is 5.32 Å². The highest BCUT2D eigenvalue weighted by Crippen LogP contribution is 2.24. The molecule has 0 bridgehead atoms. The standard InChI is InChI=1S/C70H135NO10/c1-3-5-7-9-11-13-15-17-19-21-23-25-27-29-30-31-32-33-34-36-38-40-42-44-46-48-50-52-54-56-58-63(74)69(79)71-61(60-80-70-68(78)67(77)66(76)64(59-72)81-70)65(75)62(73)57-55-53-51-49-47-45-43-41-39-37-35-28-26-24-22-20-18-16-14-12-10-8-6-4-2/h23,25,29-30,61-68,70,72-78H,3-22,24,26-28,31-60H2,1-2H3,(H,71,79)/b25-23-,30-29-. The van der Waals surface area contributed by atoms with Crippen molar-refractivity contribution in [1.29, 1.82) is 0 Å². The molecule has 480 valence electrons. The van der Waals surface area contributed by atoms with Crippen LogP contribution in [0, 0.1) is 0 Å². The number of amides is 1. The fourth-order valence-electron chi connectivity index (χ4n) is 11.6. The van der Waals surface area contributed by atoms with Gasteiger partial charge in [0.05, 0.1) is 25.4 Å². The van der Waals surface area contributed by atoms with Gasteiger partial charge in [0.25, 0.3) is 0 Å². The molecule has 81 heavy (non-hydrogen) atoms. The highest BCUT2D eigenvalue weighted by molar-refractivity contribution is 5.80. The lowest BCUT2D eigenvalue weighted by atomic mass is 9.98. The van der Waals surface area contributed by atoms with Crippen molar-refractivity contribution >= 4 is 5.91 Å². The monoisotopic (exact) mass is 1150 g/mol. The molecule has 0 radical (unpaired) electrons. The van der Waals surface area contributed by atoms with Crippen molar-refractivity contribution in [3.8, 4) is 0 Å². The summed E-state index contributed by atoms with van der Waals surface area (Å²) >= 11 is 0. The van der Waals surface area contributed by atoms with E-state index in [0.717, 1.165) is 44.9 Å². The second-order valence-electron chi connectivity index (χ2n) is 25.0. The first-order valence-corrected chi connectivity index (χ1v) is 35.2. The van der Waals surface area contributed by atoms with Crippen molar-refractivity contribution in [3.63, 3.8) is 0 Å². The molecule has 0 aliphatic carbocycles. The summed E-state index contributed by atoms with van der Waals surface area (Å²) in [6.45, 7) is 3.51. The van der Waals surface area contributed by atoms with Gasteiger partial charge in [0.15, 0.2) is 6.29 Å². The first-order chi connectivity index (χ1) is 39.7. The highest BCUT2D eigenvalue weighted by atomic mass is 16.7. The Balaban J connectivity index is 2.20. The van der Waals surface area contributed by atoms with E-state index in [1.54, 1.807) is 0 Å². The van der Waals surface area contributed by atoms with Crippen LogP contribution in [0.1, 0.15) is 348 Å². The zero-order valence-electron chi connectivity index (χ0n) is 53.0. The first kappa shape index (κ1) is 77.6. The van der Waals surface area contributed by atoms with Crippen molar-refractivity contribution in [2.24, 2.45) is 0 Å². The molecule has 1 heterocycles. The van der Waals surface area contributed by atoms with E-state index < -0.39 is 74.2 Å². The SMILES string of the molecule is CCCCCCCCCCC/C=C\C/C=C\CCCCCCCCCCCCCCCCC(O)C(=O)NC(COC1OC(CO)C(O)C(O)C1O)C(O)C(O)CCCCCCCCCCCCCCCCCCCCCCCCCC. The molecule has 8 N–H and O–H groups in total. The van der Waals surface area contributed by atoms with Gasteiger partial charge in [-0.05, 0) is 44.9 Å². The number of aliphatic hydroxyl groups excluding tert-OH is 7. The lowest BCUT2D eigenvalue weighted by molar-refractivity contribution is -0.303. The average molecular weight is 1150 g/mol. The fraction of sp³-hybridized carbons (Fsp3) is 0.929. The fourth-order valence-corrected chi connectivity index (χ4v) is 11.6. The third kappa shape index (κ3) is 46.5. The molecular formula is C70H135NO10. The molecule has 0 aromatic heterocycles. The van der Waals surface area contributed by atoms with E-state index in [0.29, 0.717) is 19.3 Å². The third-order valence-electron chi connectivity index (χ3n) is 17.3. The van der Waals surface area contributed by atoms with Gasteiger partial charge in [0.2, 0.25) is 5.91 Å². The summed E-state index contributed by atoms with van der Waals surface area (Å²) in [5.41, 5.74) is 0. The number of carbonyl (C=O) groups excluding carboxylic acids is 1. The molecule has 1 amide bonds. The van der Waals surface area contributed by atoms with E-state index in [1.807, 2.05) is 0 Å². The molecule has 1 saturated heterocycles. The highest BCUT2D eigenvalue weighted by Gasteiger charge is 2.44. The van der Waals surface area contributed by atoms with Crippen LogP contribution in [0.2, 0.25) is 0 Å². The molecule has 0 aromatic rings. The molecule has 1 fully saturated rings. The van der Waals surface area contributed by atoms with Crippen LogP contribution < -0.4 is 5.32 Å². The van der Waals surface area contributed by atoms with Crippen LogP contribution in [0.15, 0.2) is 24.3 Å². The molecule has 0 saturated carbocycles. The van der Waals surface area contributed by atoms with Crippen molar-refractivity contribution in [2.45, 2.75) is 403 Å². The Morgan fingerprint density at radius 2 is 0.753 bits per heavy atom. The zero-order valence-corrected chi connectivity index (χ0v) is 53.0. The lowest BCUT2D eigenvalue weighted by Gasteiger charge is -2.40. The summed E-state index contributed by atoms with van der Waals surface area (Å²) in [6, 6.07) is -1.17. The van der Waals surface area contributed by atoms with Gasteiger partial charge in [-0.1, -0.05) is 327 Å². The molecule has 9 atom stereocenters. The minimum absolute atomic E-state index is 0.262. The van der Waals surface area contributed by atoms with Crippen LogP contribution >= 0.6 is 0 Å². The summed E-state index contributed by atoms with van der Waals surface area (Å²) in [7, 11) is 0. The number of hydrogen-bond donors (Lipinski definition) is 8. The van der Waals surface area contributed by atoms with Gasteiger partial charge in [-0.15, -0.1) is 0 Å². The number of ether oxygens (including phenoxy) is 2. The van der Waals surface area contributed by atoms with Crippen LogP contribution in [0.25, 0.3) is 0 Å². The predicted octanol–water partition coefficient (Wildman–Crippen LogP) is 16.8. The Hall–Kier alpha value is -1.41. The Morgan fingerprint density at radius 1 is 0.432 bits per heavy atom. The van der Waals surface area contributed by atoms with Crippen molar-refractivity contribution < 1.29 is 50.0 Å². The maximum atomic E-state index is 13.3. The second kappa shape index (κ2) is 58.9. The molecule has 0 spiro atoms. The van der Waals surface area contributed by atoms with E-state index in [1.165, 1.54) is 263 Å². The van der Waals surface area contributed by atoms with Crippen LogP contribution in [0.3, 0.4) is 0 Å². The van der Waals surface area contributed by atoms with E-state index >= 15 is 0 Å². The maximum absolute atomic E-state index is 13.3. The number of rotatable bonds is 62. The minimum atomic E-state index is -1.66. The average Bonchev–Trinajstić information content (AvgIpc) is 3.49. The van der Waals surface area contributed by atoms with Gasteiger partial charge in [-0.25, -0.2) is 0 Å². The molecular weight excluding hydrogens is 1010 g/mol. The van der Waals surface area contributed by atoms with Gasteiger partial charge in [0, 0.05) is 0 Å². The Morgan fingerprint density at radius 3 is 1.10 bits per heavy atom. The lowest BCUT2D eigenvalue weighted by Crippen LogP contribution is -2.60. The number of carbonyl (C=O) groups is 1. The van der Waals surface area contributed by atoms with Crippen molar-refractivity contribution in [3.05, 3.63) is 24.3 Å². The summed E-state index contributed by atoms with van der Waals surface area (Å²) in [5, 5.41) is 76.5. The van der Waals surface area contributed by atoms with Crippen LogP contribution in [0.4, 0.5) is 0 Å². The number of hydrogen-bond acceptors (Lipinski definition) is 10. The van der Waals surface area contributed by atoms with E-state index in [-0.39, 0.29) is 6.42 Å². The molecule has 1 aliphatic rings. The Bertz CT molecular complexity index is 1370. The topological polar surface area (TPSA) is 189 Å².